The molecule has 7 rings (SSSR count). The second-order valence-corrected chi connectivity index (χ2v) is 11.8. The smallest absolute Gasteiger partial charge is 0.194 e. The Hall–Kier alpha value is -1.10. The predicted molar refractivity (Wildman–Crippen MR) is 128 cm³/mol. The molecule has 5 aliphatic heterocycles. The van der Waals surface area contributed by atoms with Gasteiger partial charge in [-0.15, -0.1) is 0 Å². The highest BCUT2D eigenvalue weighted by Gasteiger charge is 2.82. The van der Waals surface area contributed by atoms with E-state index < -0.39 is 0 Å². The second kappa shape index (κ2) is 7.45. The molecule has 1 aliphatic carbocycles. The van der Waals surface area contributed by atoms with Crippen molar-refractivity contribution in [2.24, 2.45) is 17.8 Å². The summed E-state index contributed by atoms with van der Waals surface area (Å²) in [5.41, 5.74) is 2.58. The first-order valence-corrected chi connectivity index (χ1v) is 13.6. The van der Waals surface area contributed by atoms with E-state index in [1.165, 1.54) is 56.2 Å². The Bertz CT molecular complexity index is 875. The first-order valence-electron chi connectivity index (χ1n) is 13.6. The van der Waals surface area contributed by atoms with Crippen LogP contribution in [0.3, 0.4) is 0 Å². The Morgan fingerprint density at radius 2 is 1.78 bits per heavy atom. The number of para-hydroxylation sites is 1. The highest BCUT2D eigenvalue weighted by Crippen LogP contribution is 2.71. The van der Waals surface area contributed by atoms with E-state index >= 15 is 0 Å². The number of quaternary nitrogens is 1. The van der Waals surface area contributed by atoms with E-state index in [2.05, 4.69) is 50.1 Å². The van der Waals surface area contributed by atoms with E-state index in [0.717, 1.165) is 23.9 Å². The van der Waals surface area contributed by atoms with Gasteiger partial charge < -0.3 is 15.1 Å². The largest absolute Gasteiger partial charge is 0.392 e. The van der Waals surface area contributed by atoms with Crippen LogP contribution >= 0.6 is 0 Å². The first-order chi connectivity index (χ1) is 15.5. The van der Waals surface area contributed by atoms with Crippen LogP contribution in [-0.2, 0) is 5.41 Å². The van der Waals surface area contributed by atoms with Crippen molar-refractivity contribution in [1.82, 2.24) is 0 Å². The molecule has 5 bridgehead atoms. The summed E-state index contributed by atoms with van der Waals surface area (Å²) in [5.74, 6) is 1.18. The Morgan fingerprint density at radius 3 is 2.56 bits per heavy atom. The molecule has 4 saturated heterocycles. The van der Waals surface area contributed by atoms with Crippen LogP contribution in [0.5, 0.6) is 0 Å². The second-order valence-electron chi connectivity index (χ2n) is 11.8. The molecule has 1 saturated carbocycles. The number of hydrogen-bond acceptors (Lipinski definition) is 3. The summed E-state index contributed by atoms with van der Waals surface area (Å²) < 4.78 is 0.898. The van der Waals surface area contributed by atoms with Crippen molar-refractivity contribution in [3.05, 3.63) is 29.8 Å². The highest BCUT2D eigenvalue weighted by molar-refractivity contribution is 5.66. The van der Waals surface area contributed by atoms with E-state index in [4.69, 9.17) is 0 Å². The number of rotatable bonds is 8. The molecular weight excluding hydrogens is 396 g/mol. The summed E-state index contributed by atoms with van der Waals surface area (Å²) in [7, 11) is 2.26. The fraction of sp³-hybridized carbons (Fsp3) is 0.786. The molecule has 0 amide bonds. The van der Waals surface area contributed by atoms with Crippen LogP contribution in [0.25, 0.3) is 0 Å². The van der Waals surface area contributed by atoms with Crippen molar-refractivity contribution < 1.29 is 14.7 Å². The molecule has 1 aromatic carbocycles. The number of anilines is 1. The Labute approximate surface area is 194 Å². The van der Waals surface area contributed by atoms with Gasteiger partial charge in [-0.2, -0.15) is 0 Å². The van der Waals surface area contributed by atoms with Gasteiger partial charge in [-0.05, 0) is 36.8 Å². The highest BCUT2D eigenvalue weighted by atomic mass is 16.3. The summed E-state index contributed by atoms with van der Waals surface area (Å²) >= 11 is 0. The quantitative estimate of drug-likeness (QED) is 0.465. The van der Waals surface area contributed by atoms with Gasteiger partial charge in [-0.1, -0.05) is 57.7 Å². The van der Waals surface area contributed by atoms with Crippen LogP contribution < -0.4 is 4.90 Å². The summed E-state index contributed by atoms with van der Waals surface area (Å²) in [4.78, 5) is 2.51. The first kappa shape index (κ1) is 21.4. The lowest BCUT2D eigenvalue weighted by Crippen LogP contribution is -2.83. The third-order valence-corrected chi connectivity index (χ3v) is 11.0. The summed E-state index contributed by atoms with van der Waals surface area (Å²) in [6.45, 7) is 5.64. The number of nitrogens with zero attached hydrogens (tertiary/aromatic N) is 2. The third-order valence-electron chi connectivity index (χ3n) is 11.0. The zero-order chi connectivity index (χ0) is 22.3. The molecule has 1 spiro atoms. The van der Waals surface area contributed by atoms with Crippen molar-refractivity contribution in [1.29, 1.82) is 0 Å². The molecule has 5 unspecified atom stereocenters. The number of unbranched alkanes of at least 4 members (excludes halogenated alkanes) is 5. The maximum Gasteiger partial charge on any atom is 0.194 e. The lowest BCUT2D eigenvalue weighted by molar-refractivity contribution is -1.04. The number of likely N-dealkylation sites (N-methyl/N-ethyl adjacent to an activating group) is 1. The van der Waals surface area contributed by atoms with Crippen LogP contribution in [-0.4, -0.2) is 58.7 Å². The van der Waals surface area contributed by atoms with Crippen LogP contribution in [0.2, 0.25) is 0 Å². The third kappa shape index (κ3) is 2.35. The number of aliphatic hydroxyl groups excluding tert-OH is 2. The van der Waals surface area contributed by atoms with Crippen molar-refractivity contribution >= 4 is 5.69 Å². The Morgan fingerprint density at radius 1 is 1.03 bits per heavy atom. The molecule has 10 atom stereocenters. The number of benzene rings is 1. The van der Waals surface area contributed by atoms with Gasteiger partial charge in [0.2, 0.25) is 0 Å². The van der Waals surface area contributed by atoms with Gasteiger partial charge in [-0.25, -0.2) is 0 Å². The van der Waals surface area contributed by atoms with Crippen LogP contribution in [0, 0.1) is 17.8 Å². The Kier molecular flexibility index (Phi) is 4.99. The molecule has 2 N–H and O–H groups in total. The van der Waals surface area contributed by atoms with Crippen molar-refractivity contribution in [2.45, 2.75) is 108 Å². The van der Waals surface area contributed by atoms with E-state index in [9.17, 15) is 10.2 Å². The fourth-order valence-electron chi connectivity index (χ4n) is 10.0. The van der Waals surface area contributed by atoms with E-state index in [1.54, 1.807) is 0 Å². The normalized spacial score (nSPS) is 47.2. The maximum atomic E-state index is 12.1. The molecular formula is C28H43N2O2+. The number of piperidine rings is 4. The molecule has 4 nitrogen and oxygen atoms in total. The molecule has 1 aromatic rings. The molecule has 32 heavy (non-hydrogen) atoms. The zero-order valence-corrected chi connectivity index (χ0v) is 20.3. The predicted octanol–water partition coefficient (Wildman–Crippen LogP) is 4.43. The van der Waals surface area contributed by atoms with Crippen molar-refractivity contribution in [2.75, 3.05) is 18.5 Å². The molecule has 4 heteroatoms. The monoisotopic (exact) mass is 439 g/mol. The fourth-order valence-corrected chi connectivity index (χ4v) is 10.0. The van der Waals surface area contributed by atoms with Gasteiger partial charge in [0.05, 0.1) is 30.1 Å². The molecule has 6 aliphatic rings. The van der Waals surface area contributed by atoms with E-state index in [1.807, 2.05) is 0 Å². The zero-order valence-electron chi connectivity index (χ0n) is 20.3. The summed E-state index contributed by atoms with van der Waals surface area (Å²) in [5, 5.41) is 24.1. The maximum absolute atomic E-state index is 12.1. The summed E-state index contributed by atoms with van der Waals surface area (Å²) in [6.07, 6.45) is 10.6. The average molecular weight is 440 g/mol. The van der Waals surface area contributed by atoms with Crippen LogP contribution in [0.15, 0.2) is 24.3 Å². The Balaban J connectivity index is 1.41. The summed E-state index contributed by atoms with van der Waals surface area (Å²) in [6, 6.07) is 10.1. The topological polar surface area (TPSA) is 43.7 Å². The minimum Gasteiger partial charge on any atom is -0.392 e. The molecule has 0 radical (unpaired) electrons. The lowest BCUT2D eigenvalue weighted by atomic mass is 9.60. The van der Waals surface area contributed by atoms with Crippen molar-refractivity contribution in [3.63, 3.8) is 0 Å². The average Bonchev–Trinajstić information content (AvgIpc) is 3.19. The van der Waals surface area contributed by atoms with Gasteiger partial charge in [0.1, 0.15) is 6.04 Å². The van der Waals surface area contributed by atoms with Crippen LogP contribution in [0.1, 0.15) is 77.2 Å². The molecule has 5 fully saturated rings. The van der Waals surface area contributed by atoms with E-state index in [0.29, 0.717) is 35.9 Å². The standard InChI is InChI=1S/C28H43N2O2/c1-4-6-7-8-9-12-15-30-22-16-19(18(5-2)27(30)32)24-23(30)17-28(26(24)31)20-13-10-11-14-21(20)29(3)25(22)28/h10-11,13-14,18-19,22-27,31-32H,4-9,12,15-17H2,1-3H3/q+1/t18-,19-,22?,23-,24?,25-,26?,27+,28?,30?/m0/s1. The number of hydrogen-bond donors (Lipinski definition) is 2. The van der Waals surface area contributed by atoms with Gasteiger partial charge in [0, 0.05) is 37.4 Å². The molecule has 5 heterocycles. The van der Waals surface area contributed by atoms with E-state index in [-0.39, 0.29) is 17.7 Å². The van der Waals surface area contributed by atoms with Gasteiger partial charge >= 0.3 is 0 Å². The van der Waals surface area contributed by atoms with Gasteiger partial charge in [-0.3, -0.25) is 4.48 Å². The minimum atomic E-state index is -0.273. The van der Waals surface area contributed by atoms with Gasteiger partial charge in [0.15, 0.2) is 6.23 Å². The number of fused-ring (bicyclic) bond motifs is 2. The molecule has 0 aromatic heterocycles. The molecule has 176 valence electrons. The van der Waals surface area contributed by atoms with Crippen LogP contribution in [0.4, 0.5) is 5.69 Å². The SMILES string of the molecule is CCCCCCCC[N+]12C3C[C@H](C4C(O)C5(C[C@@H]41)c1ccccc1N(C)[C@@H]35)[C@H](CC)[C@H]2O. The van der Waals surface area contributed by atoms with Gasteiger partial charge in [0.25, 0.3) is 0 Å². The minimum absolute atomic E-state index is 0.134. The lowest BCUT2D eigenvalue weighted by Gasteiger charge is -2.68. The number of aliphatic hydroxyl groups is 2. The van der Waals surface area contributed by atoms with Crippen molar-refractivity contribution in [3.8, 4) is 0 Å².